The topological polar surface area (TPSA) is 56.7 Å². The molecule has 2 N–H and O–H groups in total. The number of carbonyl (C=O) groups excluding carboxylic acids is 1. The molecular formula is C14H28N4OS. The number of nitrogens with zero attached hydrogens (tertiary/aromatic N) is 2. The molecule has 116 valence electrons. The van der Waals surface area contributed by atoms with Crippen molar-refractivity contribution in [3.8, 4) is 0 Å². The van der Waals surface area contributed by atoms with Crippen molar-refractivity contribution >= 4 is 23.6 Å². The number of carbonyl (C=O) groups is 1. The van der Waals surface area contributed by atoms with Crippen LogP contribution in [-0.2, 0) is 4.79 Å². The lowest BCUT2D eigenvalue weighted by atomic mass is 9.93. The second-order valence-corrected chi connectivity index (χ2v) is 6.02. The molecule has 0 saturated carbocycles. The Kier molecular flexibility index (Phi) is 8.49. The van der Waals surface area contributed by atoms with Crippen LogP contribution in [-0.4, -0.2) is 62.0 Å². The summed E-state index contributed by atoms with van der Waals surface area (Å²) in [4.78, 5) is 18.4. The number of piperidine rings is 1. The molecule has 0 bridgehead atoms. The van der Waals surface area contributed by atoms with E-state index in [1.54, 1.807) is 7.05 Å². The average molecular weight is 300 g/mol. The van der Waals surface area contributed by atoms with Crippen molar-refractivity contribution in [1.82, 2.24) is 15.5 Å². The van der Waals surface area contributed by atoms with Crippen LogP contribution < -0.4 is 10.6 Å². The molecule has 0 aromatic carbocycles. The normalized spacial score (nSPS) is 17.1. The monoisotopic (exact) mass is 300 g/mol. The Morgan fingerprint density at radius 1 is 1.40 bits per heavy atom. The summed E-state index contributed by atoms with van der Waals surface area (Å²) in [7, 11) is 1.71. The second-order valence-electron chi connectivity index (χ2n) is 5.04. The summed E-state index contributed by atoms with van der Waals surface area (Å²) >= 11 is 1.82. The largest absolute Gasteiger partial charge is 0.359 e. The van der Waals surface area contributed by atoms with Gasteiger partial charge in [-0.2, -0.15) is 11.8 Å². The van der Waals surface area contributed by atoms with E-state index >= 15 is 0 Å². The van der Waals surface area contributed by atoms with Crippen LogP contribution in [0.1, 0.15) is 26.2 Å². The van der Waals surface area contributed by atoms with Gasteiger partial charge in [-0.25, -0.2) is 0 Å². The van der Waals surface area contributed by atoms with Gasteiger partial charge in [0.15, 0.2) is 5.96 Å². The van der Waals surface area contributed by atoms with Crippen LogP contribution in [0.15, 0.2) is 4.99 Å². The zero-order chi connectivity index (χ0) is 14.8. The maximum absolute atomic E-state index is 11.4. The fourth-order valence-corrected chi connectivity index (χ4v) is 2.66. The van der Waals surface area contributed by atoms with E-state index < -0.39 is 0 Å². The highest BCUT2D eigenvalue weighted by atomic mass is 32.2. The van der Waals surface area contributed by atoms with Crippen LogP contribution in [0.4, 0.5) is 0 Å². The predicted molar refractivity (Wildman–Crippen MR) is 87.3 cm³/mol. The molecule has 1 heterocycles. The average Bonchev–Trinajstić information content (AvgIpc) is 2.47. The second kappa shape index (κ2) is 9.91. The fraction of sp³-hybridized carbons (Fsp3) is 0.857. The number of aliphatic imine (C=N–C) groups is 1. The summed E-state index contributed by atoms with van der Waals surface area (Å²) in [5, 5.41) is 6.08. The molecule has 5 nitrogen and oxygen atoms in total. The van der Waals surface area contributed by atoms with Gasteiger partial charge >= 0.3 is 0 Å². The van der Waals surface area contributed by atoms with E-state index in [1.165, 1.54) is 0 Å². The molecule has 0 unspecified atom stereocenters. The van der Waals surface area contributed by atoms with Gasteiger partial charge in [0.05, 0.1) is 6.54 Å². The standard InChI is InChI=1S/C14H28N4OS/c1-4-16-14(17-7-10-20-3)18-8-5-12(6-9-18)11-13(19)15-2/h12H,4-11H2,1-3H3,(H,15,19)(H,16,17). The Bertz CT molecular complexity index is 314. The van der Waals surface area contributed by atoms with Crippen molar-refractivity contribution in [2.45, 2.75) is 26.2 Å². The minimum absolute atomic E-state index is 0.156. The molecule has 20 heavy (non-hydrogen) atoms. The summed E-state index contributed by atoms with van der Waals surface area (Å²) < 4.78 is 0. The van der Waals surface area contributed by atoms with Crippen LogP contribution in [0.5, 0.6) is 0 Å². The fourth-order valence-electron chi connectivity index (χ4n) is 2.38. The van der Waals surface area contributed by atoms with Gasteiger partial charge < -0.3 is 15.5 Å². The van der Waals surface area contributed by atoms with Crippen molar-refractivity contribution < 1.29 is 4.79 Å². The lowest BCUT2D eigenvalue weighted by Gasteiger charge is -2.34. The molecule has 1 amide bonds. The molecule has 6 heteroatoms. The van der Waals surface area contributed by atoms with E-state index in [9.17, 15) is 4.79 Å². The van der Waals surface area contributed by atoms with Gasteiger partial charge in [0.2, 0.25) is 5.91 Å². The third-order valence-corrected chi connectivity index (χ3v) is 4.15. The quantitative estimate of drug-likeness (QED) is 0.439. The van der Waals surface area contributed by atoms with Crippen LogP contribution in [0.2, 0.25) is 0 Å². The Morgan fingerprint density at radius 3 is 2.65 bits per heavy atom. The smallest absolute Gasteiger partial charge is 0.220 e. The van der Waals surface area contributed by atoms with Gasteiger partial charge in [-0.15, -0.1) is 0 Å². The highest BCUT2D eigenvalue weighted by molar-refractivity contribution is 7.98. The van der Waals surface area contributed by atoms with Crippen molar-refractivity contribution in [3.05, 3.63) is 0 Å². The SMILES string of the molecule is CCNC(=NCCSC)N1CCC(CC(=O)NC)CC1. The van der Waals surface area contributed by atoms with E-state index in [2.05, 4.69) is 33.7 Å². The maximum Gasteiger partial charge on any atom is 0.220 e. The third kappa shape index (κ3) is 6.03. The molecule has 0 aromatic heterocycles. The maximum atomic E-state index is 11.4. The number of rotatable bonds is 6. The number of hydrogen-bond donors (Lipinski definition) is 2. The predicted octanol–water partition coefficient (Wildman–Crippen LogP) is 1.16. The first-order valence-corrected chi connectivity index (χ1v) is 8.83. The molecule has 1 saturated heterocycles. The summed E-state index contributed by atoms with van der Waals surface area (Å²) in [5.41, 5.74) is 0. The van der Waals surface area contributed by atoms with Crippen molar-refractivity contribution in [2.75, 3.05) is 45.2 Å². The van der Waals surface area contributed by atoms with Gasteiger partial charge in [0.25, 0.3) is 0 Å². The van der Waals surface area contributed by atoms with Gasteiger partial charge in [-0.3, -0.25) is 9.79 Å². The van der Waals surface area contributed by atoms with Crippen LogP contribution in [0.3, 0.4) is 0 Å². The van der Waals surface area contributed by atoms with Crippen molar-refractivity contribution in [3.63, 3.8) is 0 Å². The van der Waals surface area contributed by atoms with Gasteiger partial charge in [0, 0.05) is 38.9 Å². The first kappa shape index (κ1) is 17.1. The Morgan fingerprint density at radius 2 is 2.10 bits per heavy atom. The summed E-state index contributed by atoms with van der Waals surface area (Å²) in [6.07, 6.45) is 4.90. The van der Waals surface area contributed by atoms with E-state index in [0.29, 0.717) is 12.3 Å². The van der Waals surface area contributed by atoms with E-state index in [-0.39, 0.29) is 5.91 Å². The number of guanidine groups is 1. The Labute approximate surface area is 127 Å². The lowest BCUT2D eigenvalue weighted by Crippen LogP contribution is -2.46. The lowest BCUT2D eigenvalue weighted by molar-refractivity contribution is -0.121. The Balaban J connectivity index is 2.43. The molecule has 1 aliphatic rings. The molecule has 0 spiro atoms. The summed E-state index contributed by atoms with van der Waals surface area (Å²) in [5.74, 6) is 2.76. The first-order chi connectivity index (χ1) is 9.71. The molecular weight excluding hydrogens is 272 g/mol. The molecule has 0 radical (unpaired) electrons. The number of hydrogen-bond acceptors (Lipinski definition) is 3. The minimum atomic E-state index is 0.156. The number of thioether (sulfide) groups is 1. The molecule has 0 atom stereocenters. The van der Waals surface area contributed by atoms with Crippen molar-refractivity contribution in [1.29, 1.82) is 0 Å². The zero-order valence-corrected chi connectivity index (χ0v) is 13.8. The van der Waals surface area contributed by atoms with Crippen LogP contribution in [0.25, 0.3) is 0 Å². The molecule has 1 rings (SSSR count). The number of nitrogens with one attached hydrogen (secondary N) is 2. The number of likely N-dealkylation sites (tertiary alicyclic amines) is 1. The van der Waals surface area contributed by atoms with Gasteiger partial charge in [-0.05, 0) is 31.9 Å². The third-order valence-electron chi connectivity index (χ3n) is 3.56. The highest BCUT2D eigenvalue weighted by Crippen LogP contribution is 2.20. The molecule has 0 aliphatic carbocycles. The van der Waals surface area contributed by atoms with E-state index in [4.69, 9.17) is 0 Å². The first-order valence-electron chi connectivity index (χ1n) is 7.44. The van der Waals surface area contributed by atoms with Gasteiger partial charge in [-0.1, -0.05) is 0 Å². The van der Waals surface area contributed by atoms with Crippen LogP contribution >= 0.6 is 11.8 Å². The molecule has 0 aromatic rings. The summed E-state index contributed by atoms with van der Waals surface area (Å²) in [6, 6.07) is 0. The van der Waals surface area contributed by atoms with Crippen LogP contribution in [0, 0.1) is 5.92 Å². The minimum Gasteiger partial charge on any atom is -0.359 e. The van der Waals surface area contributed by atoms with E-state index in [0.717, 1.165) is 50.7 Å². The number of amides is 1. The van der Waals surface area contributed by atoms with Gasteiger partial charge in [0.1, 0.15) is 0 Å². The zero-order valence-electron chi connectivity index (χ0n) is 12.9. The van der Waals surface area contributed by atoms with Crippen molar-refractivity contribution in [2.24, 2.45) is 10.9 Å². The highest BCUT2D eigenvalue weighted by Gasteiger charge is 2.22. The molecule has 1 fully saturated rings. The van der Waals surface area contributed by atoms with E-state index in [1.807, 2.05) is 11.8 Å². The summed E-state index contributed by atoms with van der Waals surface area (Å²) in [6.45, 7) is 5.85. The Hall–Kier alpha value is -0.910. The molecule has 1 aliphatic heterocycles.